The van der Waals surface area contributed by atoms with E-state index in [4.69, 9.17) is 0 Å². The number of hydrogen-bond acceptors (Lipinski definition) is 2. The van der Waals surface area contributed by atoms with Crippen LogP contribution in [0.25, 0.3) is 0 Å². The van der Waals surface area contributed by atoms with Gasteiger partial charge in [0.1, 0.15) is 0 Å². The van der Waals surface area contributed by atoms with E-state index >= 15 is 0 Å². The fourth-order valence-electron chi connectivity index (χ4n) is 2.58. The minimum Gasteiger partial charge on any atom is -0.311 e. The van der Waals surface area contributed by atoms with E-state index in [1.54, 1.807) is 0 Å². The Bertz CT molecular complexity index is 327. The maximum absolute atomic E-state index is 4.40. The van der Waals surface area contributed by atoms with Crippen molar-refractivity contribution in [2.45, 2.75) is 51.6 Å². The van der Waals surface area contributed by atoms with Crippen LogP contribution in [0.5, 0.6) is 0 Å². The highest BCUT2D eigenvalue weighted by Crippen LogP contribution is 2.35. The molecule has 0 aromatic carbocycles. The van der Waals surface area contributed by atoms with Crippen molar-refractivity contribution < 1.29 is 0 Å². The lowest BCUT2D eigenvalue weighted by Crippen LogP contribution is -2.37. The van der Waals surface area contributed by atoms with Gasteiger partial charge in [0.2, 0.25) is 0 Å². The van der Waals surface area contributed by atoms with Crippen LogP contribution in [-0.2, 0) is 6.54 Å². The van der Waals surface area contributed by atoms with Crippen LogP contribution < -0.4 is 5.32 Å². The van der Waals surface area contributed by atoms with Crippen molar-refractivity contribution in [2.75, 3.05) is 6.54 Å². The summed E-state index contributed by atoms with van der Waals surface area (Å²) in [4.78, 5) is 0. The number of hydrogen-bond donors (Lipinski definition) is 1. The van der Waals surface area contributed by atoms with Gasteiger partial charge in [-0.25, -0.2) is 0 Å². The molecule has 0 amide bonds. The fourth-order valence-corrected chi connectivity index (χ4v) is 2.58. The highest BCUT2D eigenvalue weighted by Gasteiger charge is 2.36. The molecule has 0 spiro atoms. The third-order valence-corrected chi connectivity index (χ3v) is 3.43. The van der Waals surface area contributed by atoms with Crippen molar-refractivity contribution in [3.8, 4) is 0 Å². The van der Waals surface area contributed by atoms with E-state index in [-0.39, 0.29) is 5.54 Å². The Morgan fingerprint density at radius 3 is 3.00 bits per heavy atom. The molecule has 1 saturated heterocycles. The number of nitrogens with one attached hydrogen (secondary N) is 1. The summed E-state index contributed by atoms with van der Waals surface area (Å²) in [5.41, 5.74) is 1.61. The minimum atomic E-state index is 0.214. The molecule has 3 heteroatoms. The third kappa shape index (κ3) is 1.93. The summed E-state index contributed by atoms with van der Waals surface area (Å²) in [6.45, 7) is 8.93. The van der Waals surface area contributed by atoms with E-state index in [0.29, 0.717) is 5.92 Å². The lowest BCUT2D eigenvalue weighted by Gasteiger charge is -2.27. The summed E-state index contributed by atoms with van der Waals surface area (Å²) in [5.74, 6) is 0.603. The Morgan fingerprint density at radius 1 is 1.60 bits per heavy atom. The van der Waals surface area contributed by atoms with E-state index < -0.39 is 0 Å². The zero-order valence-corrected chi connectivity index (χ0v) is 9.95. The first kappa shape index (κ1) is 10.7. The summed E-state index contributed by atoms with van der Waals surface area (Å²) < 4.78 is 2.17. The van der Waals surface area contributed by atoms with Gasteiger partial charge in [-0.2, -0.15) is 5.10 Å². The number of rotatable bonds is 3. The van der Waals surface area contributed by atoms with Crippen molar-refractivity contribution >= 4 is 0 Å². The first-order chi connectivity index (χ1) is 7.15. The van der Waals surface area contributed by atoms with E-state index in [1.807, 2.05) is 6.20 Å². The largest absolute Gasteiger partial charge is 0.311 e. The lowest BCUT2D eigenvalue weighted by molar-refractivity contribution is 0.388. The van der Waals surface area contributed by atoms with E-state index in [1.165, 1.54) is 12.1 Å². The molecule has 0 radical (unpaired) electrons. The predicted octanol–water partition coefficient (Wildman–Crippen LogP) is 2.15. The average Bonchev–Trinajstić information content (AvgIpc) is 2.72. The zero-order chi connectivity index (χ0) is 10.9. The van der Waals surface area contributed by atoms with Crippen LogP contribution in [0, 0.1) is 0 Å². The molecule has 1 fully saturated rings. The monoisotopic (exact) mass is 207 g/mol. The fraction of sp³-hybridized carbons (Fsp3) is 0.750. The molecule has 0 bridgehead atoms. The molecular formula is C12H21N3. The van der Waals surface area contributed by atoms with Gasteiger partial charge < -0.3 is 5.32 Å². The minimum absolute atomic E-state index is 0.214. The molecule has 1 aliphatic rings. The molecule has 84 valence electrons. The molecule has 1 unspecified atom stereocenters. The topological polar surface area (TPSA) is 29.9 Å². The van der Waals surface area contributed by atoms with Gasteiger partial charge in [-0.05, 0) is 39.3 Å². The Balaban J connectivity index is 2.25. The van der Waals surface area contributed by atoms with E-state index in [9.17, 15) is 0 Å². The normalized spacial score (nSPS) is 24.6. The molecule has 1 aromatic heterocycles. The quantitative estimate of drug-likeness (QED) is 0.823. The van der Waals surface area contributed by atoms with Crippen molar-refractivity contribution in [3.05, 3.63) is 18.0 Å². The van der Waals surface area contributed by atoms with Crippen LogP contribution >= 0.6 is 0 Å². The first-order valence-electron chi connectivity index (χ1n) is 5.92. The third-order valence-electron chi connectivity index (χ3n) is 3.43. The van der Waals surface area contributed by atoms with Crippen molar-refractivity contribution in [1.29, 1.82) is 0 Å². The molecule has 15 heavy (non-hydrogen) atoms. The molecule has 0 saturated carbocycles. The summed E-state index contributed by atoms with van der Waals surface area (Å²) >= 11 is 0. The van der Waals surface area contributed by atoms with Gasteiger partial charge in [0.05, 0.1) is 0 Å². The van der Waals surface area contributed by atoms with Gasteiger partial charge in [-0.3, -0.25) is 4.68 Å². The molecule has 2 heterocycles. The number of aryl methyl sites for hydroxylation is 1. The molecule has 2 rings (SSSR count). The summed E-state index contributed by atoms with van der Waals surface area (Å²) in [6.07, 6.45) is 4.30. The summed E-state index contributed by atoms with van der Waals surface area (Å²) in [5, 5.41) is 7.97. The molecule has 0 aliphatic carbocycles. The Morgan fingerprint density at radius 2 is 2.40 bits per heavy atom. The van der Waals surface area contributed by atoms with Crippen LogP contribution in [0.4, 0.5) is 0 Å². The standard InChI is InChI=1S/C12H21N3/c1-4-9-15-11(6-8-14-15)10-5-7-13-12(10,2)3/h6,8,10,13H,4-5,7,9H2,1-3H3. The van der Waals surface area contributed by atoms with Crippen LogP contribution in [-0.4, -0.2) is 21.9 Å². The molecule has 1 aliphatic heterocycles. The van der Waals surface area contributed by atoms with Crippen LogP contribution in [0.3, 0.4) is 0 Å². The lowest BCUT2D eigenvalue weighted by atomic mass is 9.86. The van der Waals surface area contributed by atoms with Gasteiger partial charge in [0, 0.05) is 29.9 Å². The molecule has 3 nitrogen and oxygen atoms in total. The van der Waals surface area contributed by atoms with Crippen LogP contribution in [0.1, 0.15) is 45.2 Å². The second-order valence-electron chi connectivity index (χ2n) is 4.97. The predicted molar refractivity (Wildman–Crippen MR) is 62.0 cm³/mol. The molecule has 1 N–H and O–H groups in total. The second kappa shape index (κ2) is 3.97. The Hall–Kier alpha value is -0.830. The SMILES string of the molecule is CCCn1nccc1C1CCNC1(C)C. The van der Waals surface area contributed by atoms with Gasteiger partial charge in [-0.15, -0.1) is 0 Å². The second-order valence-corrected chi connectivity index (χ2v) is 4.97. The van der Waals surface area contributed by atoms with E-state index in [0.717, 1.165) is 19.5 Å². The highest BCUT2D eigenvalue weighted by atomic mass is 15.3. The van der Waals surface area contributed by atoms with Crippen molar-refractivity contribution in [3.63, 3.8) is 0 Å². The average molecular weight is 207 g/mol. The number of nitrogens with zero attached hydrogens (tertiary/aromatic N) is 2. The molecule has 1 aromatic rings. The maximum Gasteiger partial charge on any atom is 0.0492 e. The molecule has 1 atom stereocenters. The zero-order valence-electron chi connectivity index (χ0n) is 9.95. The van der Waals surface area contributed by atoms with Crippen molar-refractivity contribution in [1.82, 2.24) is 15.1 Å². The maximum atomic E-state index is 4.40. The van der Waals surface area contributed by atoms with Crippen molar-refractivity contribution in [2.24, 2.45) is 0 Å². The first-order valence-corrected chi connectivity index (χ1v) is 5.92. The highest BCUT2D eigenvalue weighted by molar-refractivity contribution is 5.17. The summed E-state index contributed by atoms with van der Waals surface area (Å²) in [6, 6.07) is 2.18. The number of aromatic nitrogens is 2. The Labute approximate surface area is 91.9 Å². The Kier molecular flexibility index (Phi) is 2.83. The van der Waals surface area contributed by atoms with Crippen LogP contribution in [0.15, 0.2) is 12.3 Å². The molecular weight excluding hydrogens is 186 g/mol. The van der Waals surface area contributed by atoms with Gasteiger partial charge >= 0.3 is 0 Å². The van der Waals surface area contributed by atoms with Gasteiger partial charge in [0.25, 0.3) is 0 Å². The van der Waals surface area contributed by atoms with Crippen LogP contribution in [0.2, 0.25) is 0 Å². The summed E-state index contributed by atoms with van der Waals surface area (Å²) in [7, 11) is 0. The van der Waals surface area contributed by atoms with Gasteiger partial charge in [0.15, 0.2) is 0 Å². The van der Waals surface area contributed by atoms with E-state index in [2.05, 4.69) is 41.9 Å². The smallest absolute Gasteiger partial charge is 0.0492 e. The van der Waals surface area contributed by atoms with Gasteiger partial charge in [-0.1, -0.05) is 6.92 Å².